The molecule has 1 aromatic rings. The maximum Gasteiger partial charge on any atom is 0.321 e. The van der Waals surface area contributed by atoms with Gasteiger partial charge in [-0.2, -0.15) is 0 Å². The molecule has 0 aliphatic heterocycles. The minimum atomic E-state index is -0.311. The molecule has 0 heterocycles. The number of nitrogens with zero attached hydrogens (tertiary/aromatic N) is 1. The molecule has 0 spiro atoms. The summed E-state index contributed by atoms with van der Waals surface area (Å²) in [6.07, 6.45) is 2.68. The van der Waals surface area contributed by atoms with Gasteiger partial charge in [0, 0.05) is 18.8 Å². The topological polar surface area (TPSA) is 58.4 Å². The Kier molecular flexibility index (Phi) is 6.89. The minimum absolute atomic E-state index is 0.159. The van der Waals surface area contributed by atoms with E-state index in [1.54, 1.807) is 17.0 Å². The Balaban J connectivity index is 2.70. The van der Waals surface area contributed by atoms with Gasteiger partial charge in [-0.05, 0) is 43.7 Å². The van der Waals surface area contributed by atoms with Crippen LogP contribution >= 0.6 is 0 Å². The lowest BCUT2D eigenvalue weighted by Crippen LogP contribution is -2.41. The largest absolute Gasteiger partial charge is 0.338 e. The number of benzene rings is 1. The summed E-state index contributed by atoms with van der Waals surface area (Å²) in [5, 5.41) is 2.86. The zero-order valence-electron chi connectivity index (χ0n) is 11.4. The molecule has 4 nitrogen and oxygen atoms in total. The smallest absolute Gasteiger partial charge is 0.321 e. The predicted molar refractivity (Wildman–Crippen MR) is 75.7 cm³/mol. The highest BCUT2D eigenvalue weighted by molar-refractivity contribution is 5.91. The Bertz CT molecular complexity index is 381. The fraction of sp³-hybridized carbons (Fsp3) is 0.500. The van der Waals surface area contributed by atoms with E-state index < -0.39 is 0 Å². The summed E-state index contributed by atoms with van der Waals surface area (Å²) in [5.74, 6) is -0.311. The SMILES string of the molecule is CCCCNC(=O)N(CCCN)c1ccc(F)cc1. The summed E-state index contributed by atoms with van der Waals surface area (Å²) < 4.78 is 12.9. The highest BCUT2D eigenvalue weighted by Gasteiger charge is 2.14. The van der Waals surface area contributed by atoms with E-state index in [4.69, 9.17) is 5.73 Å². The molecule has 106 valence electrons. The first kappa shape index (κ1) is 15.4. The Morgan fingerprint density at radius 3 is 2.58 bits per heavy atom. The lowest BCUT2D eigenvalue weighted by Gasteiger charge is -2.23. The number of nitrogens with one attached hydrogen (secondary N) is 1. The number of anilines is 1. The minimum Gasteiger partial charge on any atom is -0.338 e. The number of rotatable bonds is 7. The molecular formula is C14H22FN3O. The van der Waals surface area contributed by atoms with Gasteiger partial charge >= 0.3 is 6.03 Å². The van der Waals surface area contributed by atoms with Gasteiger partial charge in [0.1, 0.15) is 5.82 Å². The average Bonchev–Trinajstić information content (AvgIpc) is 2.41. The van der Waals surface area contributed by atoms with E-state index in [1.807, 2.05) is 0 Å². The number of carbonyl (C=O) groups excluding carboxylic acids is 1. The van der Waals surface area contributed by atoms with Crippen molar-refractivity contribution >= 4 is 11.7 Å². The molecular weight excluding hydrogens is 245 g/mol. The number of hydrogen-bond acceptors (Lipinski definition) is 2. The van der Waals surface area contributed by atoms with Gasteiger partial charge in [-0.15, -0.1) is 0 Å². The van der Waals surface area contributed by atoms with Crippen molar-refractivity contribution in [3.05, 3.63) is 30.1 Å². The van der Waals surface area contributed by atoms with Crippen molar-refractivity contribution in [3.8, 4) is 0 Å². The zero-order chi connectivity index (χ0) is 14.1. The fourth-order valence-corrected chi connectivity index (χ4v) is 1.69. The second kappa shape index (κ2) is 8.48. The number of hydrogen-bond donors (Lipinski definition) is 2. The third-order valence-corrected chi connectivity index (χ3v) is 2.78. The van der Waals surface area contributed by atoms with Crippen LogP contribution in [-0.2, 0) is 0 Å². The first-order chi connectivity index (χ1) is 9.19. The molecule has 0 atom stereocenters. The van der Waals surface area contributed by atoms with Crippen LogP contribution in [0.4, 0.5) is 14.9 Å². The summed E-state index contributed by atoms with van der Waals surface area (Å²) in [7, 11) is 0. The number of nitrogens with two attached hydrogens (primary N) is 1. The Labute approximate surface area is 113 Å². The van der Waals surface area contributed by atoms with Crippen molar-refractivity contribution < 1.29 is 9.18 Å². The summed E-state index contributed by atoms with van der Waals surface area (Å²) in [6, 6.07) is 5.75. The van der Waals surface area contributed by atoms with Crippen molar-refractivity contribution in [1.82, 2.24) is 5.32 Å². The Morgan fingerprint density at radius 1 is 1.32 bits per heavy atom. The first-order valence-corrected chi connectivity index (χ1v) is 6.70. The van der Waals surface area contributed by atoms with Crippen molar-refractivity contribution in [2.75, 3.05) is 24.5 Å². The van der Waals surface area contributed by atoms with E-state index in [0.717, 1.165) is 12.8 Å². The summed E-state index contributed by atoms with van der Waals surface area (Å²) in [6.45, 7) is 3.76. The van der Waals surface area contributed by atoms with E-state index in [-0.39, 0.29) is 11.8 Å². The molecule has 0 aliphatic rings. The predicted octanol–water partition coefficient (Wildman–Crippen LogP) is 2.49. The molecule has 3 N–H and O–H groups in total. The normalized spacial score (nSPS) is 10.3. The number of urea groups is 1. The third kappa shape index (κ3) is 5.26. The van der Waals surface area contributed by atoms with Gasteiger partial charge in [0.05, 0.1) is 0 Å². The van der Waals surface area contributed by atoms with Gasteiger partial charge in [-0.3, -0.25) is 4.90 Å². The lowest BCUT2D eigenvalue weighted by molar-refractivity contribution is 0.246. The molecule has 0 radical (unpaired) electrons. The van der Waals surface area contributed by atoms with Crippen molar-refractivity contribution in [2.45, 2.75) is 26.2 Å². The second-order valence-corrected chi connectivity index (χ2v) is 4.36. The summed E-state index contributed by atoms with van der Waals surface area (Å²) in [4.78, 5) is 13.7. The van der Waals surface area contributed by atoms with Crippen LogP contribution in [0.1, 0.15) is 26.2 Å². The first-order valence-electron chi connectivity index (χ1n) is 6.70. The van der Waals surface area contributed by atoms with E-state index in [1.165, 1.54) is 12.1 Å². The van der Waals surface area contributed by atoms with Crippen LogP contribution in [-0.4, -0.2) is 25.7 Å². The van der Waals surface area contributed by atoms with E-state index in [0.29, 0.717) is 31.7 Å². The van der Waals surface area contributed by atoms with Gasteiger partial charge < -0.3 is 11.1 Å². The second-order valence-electron chi connectivity index (χ2n) is 4.36. The molecule has 5 heteroatoms. The molecule has 1 aromatic carbocycles. The number of unbranched alkanes of at least 4 members (excludes halogenated alkanes) is 1. The van der Waals surface area contributed by atoms with Crippen LogP contribution in [0.5, 0.6) is 0 Å². The fourth-order valence-electron chi connectivity index (χ4n) is 1.69. The van der Waals surface area contributed by atoms with Crippen LogP contribution in [0.3, 0.4) is 0 Å². The third-order valence-electron chi connectivity index (χ3n) is 2.78. The maximum absolute atomic E-state index is 12.9. The van der Waals surface area contributed by atoms with Crippen LogP contribution in [0.2, 0.25) is 0 Å². The summed E-state index contributed by atoms with van der Waals surface area (Å²) >= 11 is 0. The molecule has 0 saturated heterocycles. The van der Waals surface area contributed by atoms with E-state index in [2.05, 4.69) is 12.2 Å². The Morgan fingerprint density at radius 2 is 2.00 bits per heavy atom. The van der Waals surface area contributed by atoms with Gasteiger partial charge in [-0.25, -0.2) is 9.18 Å². The Hall–Kier alpha value is -1.62. The summed E-state index contributed by atoms with van der Waals surface area (Å²) in [5.41, 5.74) is 6.17. The molecule has 0 fully saturated rings. The van der Waals surface area contributed by atoms with Crippen molar-refractivity contribution in [1.29, 1.82) is 0 Å². The van der Waals surface area contributed by atoms with Gasteiger partial charge in [0.25, 0.3) is 0 Å². The molecule has 1 rings (SSSR count). The van der Waals surface area contributed by atoms with Crippen molar-refractivity contribution in [3.63, 3.8) is 0 Å². The number of amides is 2. The molecule has 2 amide bonds. The van der Waals surface area contributed by atoms with Crippen LogP contribution in [0, 0.1) is 5.82 Å². The van der Waals surface area contributed by atoms with Crippen molar-refractivity contribution in [2.24, 2.45) is 5.73 Å². The zero-order valence-corrected chi connectivity index (χ0v) is 11.4. The van der Waals surface area contributed by atoms with Gasteiger partial charge in [0.15, 0.2) is 0 Å². The van der Waals surface area contributed by atoms with E-state index >= 15 is 0 Å². The van der Waals surface area contributed by atoms with Gasteiger partial charge in [-0.1, -0.05) is 13.3 Å². The number of halogens is 1. The highest BCUT2D eigenvalue weighted by Crippen LogP contribution is 2.15. The maximum atomic E-state index is 12.9. The molecule has 19 heavy (non-hydrogen) atoms. The molecule has 0 aromatic heterocycles. The van der Waals surface area contributed by atoms with Gasteiger partial charge in [0.2, 0.25) is 0 Å². The van der Waals surface area contributed by atoms with Crippen LogP contribution < -0.4 is 16.0 Å². The molecule has 0 aliphatic carbocycles. The molecule has 0 bridgehead atoms. The quantitative estimate of drug-likeness (QED) is 0.746. The monoisotopic (exact) mass is 267 g/mol. The molecule has 0 unspecified atom stereocenters. The molecule has 0 saturated carbocycles. The standard InChI is InChI=1S/C14H22FN3O/c1-2-3-10-17-14(19)18(11-4-9-16)13-7-5-12(15)6-8-13/h5-8H,2-4,9-11,16H2,1H3,(H,17,19). The highest BCUT2D eigenvalue weighted by atomic mass is 19.1. The average molecular weight is 267 g/mol. The lowest BCUT2D eigenvalue weighted by atomic mass is 10.2. The number of carbonyl (C=O) groups is 1. The van der Waals surface area contributed by atoms with Crippen LogP contribution in [0.25, 0.3) is 0 Å². The van der Waals surface area contributed by atoms with E-state index in [9.17, 15) is 9.18 Å². The van der Waals surface area contributed by atoms with Crippen LogP contribution in [0.15, 0.2) is 24.3 Å².